The number of hydrogen-bond acceptors (Lipinski definition) is 9. The van der Waals surface area contributed by atoms with Crippen molar-refractivity contribution in [3.63, 3.8) is 0 Å². The van der Waals surface area contributed by atoms with Crippen molar-refractivity contribution in [1.29, 1.82) is 5.26 Å². The highest BCUT2D eigenvalue weighted by molar-refractivity contribution is 6.07. The summed E-state index contributed by atoms with van der Waals surface area (Å²) in [5, 5.41) is 20.1. The third-order valence-electron chi connectivity index (χ3n) is 7.02. The van der Waals surface area contributed by atoms with Crippen molar-refractivity contribution in [3.05, 3.63) is 82.3 Å². The molecule has 39 heavy (non-hydrogen) atoms. The number of carbonyl (C=O) groups is 3. The van der Waals surface area contributed by atoms with Crippen molar-refractivity contribution >= 4 is 29.3 Å². The van der Waals surface area contributed by atoms with Gasteiger partial charge in [-0.25, -0.2) is 14.4 Å². The predicted octanol–water partition coefficient (Wildman–Crippen LogP) is 3.66. The van der Waals surface area contributed by atoms with E-state index >= 15 is 0 Å². The van der Waals surface area contributed by atoms with Crippen LogP contribution >= 0.6 is 0 Å². The number of allylic oxidation sites excluding steroid dienone is 1. The van der Waals surface area contributed by atoms with Gasteiger partial charge in [0, 0.05) is 13.1 Å². The Bertz CT molecular complexity index is 1380. The number of nitrogens with two attached hydrogens (primary N) is 1. The number of ether oxygens (including phenoxy) is 2. The van der Waals surface area contributed by atoms with Crippen molar-refractivity contribution in [2.45, 2.75) is 31.6 Å². The van der Waals surface area contributed by atoms with E-state index in [2.05, 4.69) is 11.0 Å². The number of carboxylic acids is 1. The molecule has 1 fully saturated rings. The van der Waals surface area contributed by atoms with E-state index in [4.69, 9.17) is 15.2 Å². The van der Waals surface area contributed by atoms with Gasteiger partial charge in [0.25, 0.3) is 0 Å². The molecule has 0 saturated carbocycles. The summed E-state index contributed by atoms with van der Waals surface area (Å²) in [5.74, 6) is -4.05. The lowest BCUT2D eigenvalue weighted by atomic mass is 9.81. The lowest BCUT2D eigenvalue weighted by Crippen LogP contribution is -2.41. The van der Waals surface area contributed by atoms with Crippen molar-refractivity contribution in [1.82, 2.24) is 0 Å². The smallest absolute Gasteiger partial charge is 0.355 e. The maximum atomic E-state index is 13.4. The number of methoxy groups -OCH3 is 2. The normalized spacial score (nSPS) is 17.8. The van der Waals surface area contributed by atoms with E-state index in [9.17, 15) is 24.8 Å². The Morgan fingerprint density at radius 2 is 1.59 bits per heavy atom. The molecular weight excluding hydrogens is 500 g/mol. The molecule has 0 bridgehead atoms. The van der Waals surface area contributed by atoms with Crippen molar-refractivity contribution < 1.29 is 29.0 Å². The Morgan fingerprint density at radius 1 is 0.949 bits per heavy atom. The van der Waals surface area contributed by atoms with Crippen LogP contribution in [-0.2, 0) is 19.1 Å². The molecule has 0 aliphatic carbocycles. The van der Waals surface area contributed by atoms with Gasteiger partial charge in [-0.05, 0) is 36.6 Å². The largest absolute Gasteiger partial charge is 0.478 e. The van der Waals surface area contributed by atoms with E-state index in [1.165, 1.54) is 31.3 Å². The summed E-state index contributed by atoms with van der Waals surface area (Å²) in [6, 6.07) is 15.4. The van der Waals surface area contributed by atoms with Gasteiger partial charge in [0.15, 0.2) is 0 Å². The molecule has 3 N–H and O–H groups in total. The second-order valence-electron chi connectivity index (χ2n) is 9.25. The zero-order valence-electron chi connectivity index (χ0n) is 21.8. The first kappa shape index (κ1) is 27.3. The van der Waals surface area contributed by atoms with E-state index in [0.29, 0.717) is 24.3 Å². The minimum Gasteiger partial charge on any atom is -0.478 e. The van der Waals surface area contributed by atoms with Crippen molar-refractivity contribution in [2.75, 3.05) is 37.1 Å². The molecule has 0 radical (unpaired) electrons. The fourth-order valence-corrected chi connectivity index (χ4v) is 5.18. The van der Waals surface area contributed by atoms with Crippen LogP contribution in [0.25, 0.3) is 0 Å². The Labute approximate surface area is 226 Å². The number of benzene rings is 2. The van der Waals surface area contributed by atoms with Crippen LogP contribution in [0.15, 0.2) is 71.2 Å². The van der Waals surface area contributed by atoms with Gasteiger partial charge in [-0.15, -0.1) is 0 Å². The zero-order chi connectivity index (χ0) is 28.1. The predicted molar refractivity (Wildman–Crippen MR) is 144 cm³/mol. The van der Waals surface area contributed by atoms with Crippen LogP contribution in [0, 0.1) is 11.3 Å². The molecule has 1 atom stereocenters. The molecule has 2 aliphatic rings. The average Bonchev–Trinajstić information content (AvgIpc) is 3.25. The van der Waals surface area contributed by atoms with Crippen LogP contribution in [0.5, 0.6) is 0 Å². The van der Waals surface area contributed by atoms with Crippen molar-refractivity contribution in [3.8, 4) is 6.07 Å². The molecule has 2 aromatic rings. The van der Waals surface area contributed by atoms with Crippen LogP contribution in [0.3, 0.4) is 0 Å². The number of esters is 2. The first-order chi connectivity index (χ1) is 18.8. The highest BCUT2D eigenvalue weighted by atomic mass is 16.5. The number of aromatic carboxylic acids is 1. The lowest BCUT2D eigenvalue weighted by Gasteiger charge is -2.38. The summed E-state index contributed by atoms with van der Waals surface area (Å²) in [7, 11) is 2.35. The summed E-state index contributed by atoms with van der Waals surface area (Å²) in [5.41, 5.74) is 7.65. The molecule has 202 valence electrons. The van der Waals surface area contributed by atoms with Crippen LogP contribution < -0.4 is 15.5 Å². The summed E-state index contributed by atoms with van der Waals surface area (Å²) < 4.78 is 10.2. The zero-order valence-corrected chi connectivity index (χ0v) is 21.8. The first-order valence-electron chi connectivity index (χ1n) is 12.6. The molecule has 10 heteroatoms. The Balaban J connectivity index is 2.08. The Morgan fingerprint density at radius 3 is 2.15 bits per heavy atom. The van der Waals surface area contributed by atoms with Crippen LogP contribution in [0.4, 0.5) is 11.4 Å². The second kappa shape index (κ2) is 11.7. The molecule has 1 unspecified atom stereocenters. The van der Waals surface area contributed by atoms with Gasteiger partial charge >= 0.3 is 17.9 Å². The van der Waals surface area contributed by atoms with Gasteiger partial charge in [-0.2, -0.15) is 5.26 Å². The SMILES string of the molecule is COC(=O)C1=C(C(=O)OC)N(c2cc(C(=O)O)ccc2N2CCCCCC2)C(N)=C(C#N)C1c1ccccc1. The molecule has 0 amide bonds. The molecule has 2 heterocycles. The standard InChI is InChI=1S/C29H30N4O6/c1-38-28(36)24-23(18-10-6-5-7-11-18)20(17-30)26(31)33(25(24)29(37)39-2)22-16-19(27(34)35)12-13-21(22)32-14-8-3-4-9-15-32/h5-7,10-13,16,23H,3-4,8-9,14-15,31H2,1-2H3,(H,34,35). The fourth-order valence-electron chi connectivity index (χ4n) is 5.18. The lowest BCUT2D eigenvalue weighted by molar-refractivity contribution is -0.139. The van der Waals surface area contributed by atoms with E-state index in [0.717, 1.165) is 25.7 Å². The summed E-state index contributed by atoms with van der Waals surface area (Å²) in [4.78, 5) is 42.2. The van der Waals surface area contributed by atoms with Gasteiger partial charge in [-0.1, -0.05) is 43.2 Å². The van der Waals surface area contributed by atoms with E-state index < -0.39 is 23.8 Å². The Kier molecular flexibility index (Phi) is 8.20. The quantitative estimate of drug-likeness (QED) is 0.530. The maximum Gasteiger partial charge on any atom is 0.355 e. The number of anilines is 2. The monoisotopic (exact) mass is 530 g/mol. The molecule has 2 aromatic carbocycles. The van der Waals surface area contributed by atoms with Crippen LogP contribution in [-0.4, -0.2) is 50.3 Å². The fraction of sp³-hybridized carbons (Fsp3) is 0.310. The van der Waals surface area contributed by atoms with Gasteiger partial charge in [0.05, 0.1) is 54.3 Å². The number of rotatable bonds is 6. The van der Waals surface area contributed by atoms with Gasteiger partial charge in [0.2, 0.25) is 0 Å². The first-order valence-corrected chi connectivity index (χ1v) is 12.6. The topological polar surface area (TPSA) is 146 Å². The average molecular weight is 531 g/mol. The molecular formula is C29H30N4O6. The molecule has 0 spiro atoms. The molecule has 1 saturated heterocycles. The van der Waals surface area contributed by atoms with Crippen molar-refractivity contribution in [2.24, 2.45) is 5.73 Å². The molecule has 0 aromatic heterocycles. The molecule has 10 nitrogen and oxygen atoms in total. The third kappa shape index (κ3) is 5.16. The molecule has 2 aliphatic heterocycles. The summed E-state index contributed by atoms with van der Waals surface area (Å²) in [6.07, 6.45) is 3.97. The summed E-state index contributed by atoms with van der Waals surface area (Å²) in [6.45, 7) is 1.41. The van der Waals surface area contributed by atoms with Gasteiger partial charge < -0.3 is 25.2 Å². The number of hydrogen-bond donors (Lipinski definition) is 2. The minimum absolute atomic E-state index is 0.0109. The van der Waals surface area contributed by atoms with E-state index in [1.54, 1.807) is 36.4 Å². The van der Waals surface area contributed by atoms with E-state index in [1.807, 2.05) is 0 Å². The number of nitriles is 1. The van der Waals surface area contributed by atoms with E-state index in [-0.39, 0.29) is 33.9 Å². The van der Waals surface area contributed by atoms with Gasteiger partial charge in [0.1, 0.15) is 11.5 Å². The highest BCUT2D eigenvalue weighted by Crippen LogP contribution is 2.45. The van der Waals surface area contributed by atoms with Crippen LogP contribution in [0.1, 0.15) is 47.5 Å². The summed E-state index contributed by atoms with van der Waals surface area (Å²) >= 11 is 0. The third-order valence-corrected chi connectivity index (χ3v) is 7.02. The maximum absolute atomic E-state index is 13.4. The van der Waals surface area contributed by atoms with Gasteiger partial charge in [-0.3, -0.25) is 4.90 Å². The number of carbonyl (C=O) groups excluding carboxylic acids is 2. The second-order valence-corrected chi connectivity index (χ2v) is 9.25. The van der Waals surface area contributed by atoms with Crippen LogP contribution in [0.2, 0.25) is 0 Å². The highest BCUT2D eigenvalue weighted by Gasteiger charge is 2.43. The number of nitrogens with zero attached hydrogens (tertiary/aromatic N) is 3. The Hall–Kier alpha value is -4.78. The minimum atomic E-state index is -1.18. The molecule has 4 rings (SSSR count). The number of carboxylic acid groups (broad SMARTS) is 1.